The first-order valence-corrected chi connectivity index (χ1v) is 9.90. The molecule has 0 radical (unpaired) electrons. The minimum absolute atomic E-state index is 0.209. The quantitative estimate of drug-likeness (QED) is 0.503. The van der Waals surface area contributed by atoms with Gasteiger partial charge < -0.3 is 19.5 Å². The molecule has 0 atom stereocenters. The van der Waals surface area contributed by atoms with Gasteiger partial charge in [0.2, 0.25) is 6.79 Å². The molecule has 0 aliphatic carbocycles. The van der Waals surface area contributed by atoms with E-state index in [9.17, 15) is 4.79 Å². The van der Waals surface area contributed by atoms with Gasteiger partial charge >= 0.3 is 0 Å². The number of carbonyl (C=O) groups excluding carboxylic acids is 1. The van der Waals surface area contributed by atoms with Gasteiger partial charge in [-0.3, -0.25) is 4.79 Å². The van der Waals surface area contributed by atoms with Crippen molar-refractivity contribution in [3.8, 4) is 34.1 Å². The maximum Gasteiger partial charge on any atom is 0.251 e. The number of nitrogens with zero attached hydrogens (tertiary/aromatic N) is 4. The second kappa shape index (κ2) is 8.38. The summed E-state index contributed by atoms with van der Waals surface area (Å²) >= 11 is 0. The zero-order chi connectivity index (χ0) is 21.9. The second-order valence-electron chi connectivity index (χ2n) is 7.09. The molecule has 5 rings (SSSR count). The van der Waals surface area contributed by atoms with E-state index >= 15 is 0 Å². The Hall–Kier alpha value is -4.40. The van der Waals surface area contributed by atoms with Crippen LogP contribution in [0.25, 0.3) is 16.8 Å². The van der Waals surface area contributed by atoms with Gasteiger partial charge in [-0.2, -0.15) is 0 Å². The smallest absolute Gasteiger partial charge is 0.251 e. The van der Waals surface area contributed by atoms with E-state index in [1.165, 1.54) is 11.0 Å². The van der Waals surface area contributed by atoms with Crippen LogP contribution in [0.1, 0.15) is 15.9 Å². The number of carbonyl (C=O) groups is 1. The first-order chi connectivity index (χ1) is 15.7. The maximum absolute atomic E-state index is 13.1. The lowest BCUT2D eigenvalue weighted by atomic mass is 10.0. The summed E-state index contributed by atoms with van der Waals surface area (Å²) in [5.41, 5.74) is 3.70. The summed E-state index contributed by atoms with van der Waals surface area (Å²) in [6.07, 6.45) is 1.48. The van der Waals surface area contributed by atoms with Gasteiger partial charge in [0.1, 0.15) is 12.1 Å². The summed E-state index contributed by atoms with van der Waals surface area (Å²) in [6, 6.07) is 18.7. The minimum Gasteiger partial charge on any atom is -0.496 e. The molecule has 0 bridgehead atoms. The molecule has 160 valence electrons. The zero-order valence-corrected chi connectivity index (χ0v) is 17.2. The highest BCUT2D eigenvalue weighted by atomic mass is 16.7. The van der Waals surface area contributed by atoms with E-state index in [0.717, 1.165) is 16.7 Å². The molecular weight excluding hydrogens is 410 g/mol. The van der Waals surface area contributed by atoms with Crippen LogP contribution in [0.2, 0.25) is 0 Å². The average Bonchev–Trinajstić information content (AvgIpc) is 3.54. The predicted molar refractivity (Wildman–Crippen MR) is 115 cm³/mol. The molecule has 1 aliphatic rings. The largest absolute Gasteiger partial charge is 0.496 e. The van der Waals surface area contributed by atoms with Crippen molar-refractivity contribution in [2.75, 3.05) is 13.9 Å². The van der Waals surface area contributed by atoms with Crippen LogP contribution >= 0.6 is 0 Å². The summed E-state index contributed by atoms with van der Waals surface area (Å²) in [5, 5.41) is 14.3. The SMILES string of the molecule is COc1ccccc1-c1cc(C(=O)NCc2ccc3c(c2)OCO3)cc(-n2cnnn2)c1. The molecule has 1 N–H and O–H groups in total. The molecule has 1 amide bonds. The second-order valence-corrected chi connectivity index (χ2v) is 7.09. The van der Waals surface area contributed by atoms with E-state index in [-0.39, 0.29) is 12.7 Å². The number of nitrogens with one attached hydrogen (secondary N) is 1. The van der Waals surface area contributed by atoms with Crippen molar-refractivity contribution in [3.05, 3.63) is 78.1 Å². The molecule has 4 aromatic rings. The van der Waals surface area contributed by atoms with E-state index in [0.29, 0.717) is 35.0 Å². The van der Waals surface area contributed by atoms with E-state index in [1.807, 2.05) is 54.6 Å². The van der Waals surface area contributed by atoms with Gasteiger partial charge in [-0.15, -0.1) is 5.10 Å². The number of methoxy groups -OCH3 is 1. The lowest BCUT2D eigenvalue weighted by Crippen LogP contribution is -2.23. The molecule has 9 heteroatoms. The number of hydrogen-bond donors (Lipinski definition) is 1. The molecule has 0 spiro atoms. The van der Waals surface area contributed by atoms with E-state index < -0.39 is 0 Å². The molecule has 2 heterocycles. The average molecular weight is 429 g/mol. The van der Waals surface area contributed by atoms with Gasteiger partial charge in [0, 0.05) is 17.7 Å². The number of para-hydroxylation sites is 1. The Morgan fingerprint density at radius 1 is 1.09 bits per heavy atom. The van der Waals surface area contributed by atoms with Gasteiger partial charge in [-0.1, -0.05) is 24.3 Å². The molecular formula is C23H19N5O4. The summed E-state index contributed by atoms with van der Waals surface area (Å²) < 4.78 is 17.7. The molecule has 1 aliphatic heterocycles. The van der Waals surface area contributed by atoms with Crippen LogP contribution in [0.15, 0.2) is 67.0 Å². The Labute approximate surface area is 183 Å². The van der Waals surface area contributed by atoms with Gasteiger partial charge in [0.25, 0.3) is 5.91 Å². The lowest BCUT2D eigenvalue weighted by Gasteiger charge is -2.13. The summed E-state index contributed by atoms with van der Waals surface area (Å²) in [7, 11) is 1.61. The number of amides is 1. The van der Waals surface area contributed by atoms with Crippen molar-refractivity contribution in [1.29, 1.82) is 0 Å². The van der Waals surface area contributed by atoms with Gasteiger partial charge in [-0.05, 0) is 58.0 Å². The monoisotopic (exact) mass is 429 g/mol. The first-order valence-electron chi connectivity index (χ1n) is 9.90. The van der Waals surface area contributed by atoms with Gasteiger partial charge in [0.05, 0.1) is 12.8 Å². The van der Waals surface area contributed by atoms with Crippen molar-refractivity contribution in [2.24, 2.45) is 0 Å². The van der Waals surface area contributed by atoms with Crippen LogP contribution in [-0.2, 0) is 6.54 Å². The Bertz CT molecular complexity index is 1270. The molecule has 0 unspecified atom stereocenters. The van der Waals surface area contributed by atoms with E-state index in [2.05, 4.69) is 20.8 Å². The molecule has 0 saturated heterocycles. The number of tetrazole rings is 1. The lowest BCUT2D eigenvalue weighted by molar-refractivity contribution is 0.0951. The number of hydrogen-bond acceptors (Lipinski definition) is 7. The number of rotatable bonds is 6. The Morgan fingerprint density at radius 2 is 1.97 bits per heavy atom. The normalized spacial score (nSPS) is 11.9. The molecule has 0 fully saturated rings. The molecule has 3 aromatic carbocycles. The number of ether oxygens (including phenoxy) is 3. The van der Waals surface area contributed by atoms with Crippen LogP contribution in [0.3, 0.4) is 0 Å². The fraction of sp³-hybridized carbons (Fsp3) is 0.130. The van der Waals surface area contributed by atoms with Gasteiger partial charge in [0.15, 0.2) is 11.5 Å². The summed E-state index contributed by atoms with van der Waals surface area (Å²) in [5.74, 6) is 1.85. The third-order valence-electron chi connectivity index (χ3n) is 5.10. The Kier molecular flexibility index (Phi) is 5.12. The van der Waals surface area contributed by atoms with Crippen LogP contribution in [0.5, 0.6) is 17.2 Å². The highest BCUT2D eigenvalue weighted by molar-refractivity contribution is 5.96. The highest BCUT2D eigenvalue weighted by Crippen LogP contribution is 2.33. The van der Waals surface area contributed by atoms with Crippen molar-refractivity contribution >= 4 is 5.91 Å². The van der Waals surface area contributed by atoms with Crippen LogP contribution in [0.4, 0.5) is 0 Å². The standard InChI is InChI=1S/C23H19N5O4/c1-30-20-5-3-2-4-19(20)16-9-17(11-18(10-16)28-13-25-26-27-28)23(29)24-12-15-6-7-21-22(8-15)32-14-31-21/h2-11,13H,12,14H2,1H3,(H,24,29). The molecule has 0 saturated carbocycles. The van der Waals surface area contributed by atoms with Crippen molar-refractivity contribution in [2.45, 2.75) is 6.54 Å². The highest BCUT2D eigenvalue weighted by Gasteiger charge is 2.16. The fourth-order valence-electron chi connectivity index (χ4n) is 3.53. The minimum atomic E-state index is -0.228. The van der Waals surface area contributed by atoms with Crippen molar-refractivity contribution < 1.29 is 19.0 Å². The van der Waals surface area contributed by atoms with E-state index in [4.69, 9.17) is 14.2 Å². The van der Waals surface area contributed by atoms with Gasteiger partial charge in [-0.25, -0.2) is 4.68 Å². The number of benzene rings is 3. The predicted octanol–water partition coefficient (Wildman–Crippen LogP) is 3.00. The van der Waals surface area contributed by atoms with E-state index in [1.54, 1.807) is 13.2 Å². The van der Waals surface area contributed by atoms with Crippen molar-refractivity contribution in [1.82, 2.24) is 25.5 Å². The number of aromatic nitrogens is 4. The topological polar surface area (TPSA) is 100 Å². The maximum atomic E-state index is 13.1. The molecule has 32 heavy (non-hydrogen) atoms. The van der Waals surface area contributed by atoms with Crippen molar-refractivity contribution in [3.63, 3.8) is 0 Å². The first kappa shape index (κ1) is 19.6. The van der Waals surface area contributed by atoms with Crippen LogP contribution in [0, 0.1) is 0 Å². The summed E-state index contributed by atoms with van der Waals surface area (Å²) in [4.78, 5) is 13.1. The van der Waals surface area contributed by atoms with Crippen LogP contribution < -0.4 is 19.5 Å². The van der Waals surface area contributed by atoms with Crippen LogP contribution in [-0.4, -0.2) is 40.0 Å². The Morgan fingerprint density at radius 3 is 2.81 bits per heavy atom. The Balaban J connectivity index is 1.45. The summed E-state index contributed by atoms with van der Waals surface area (Å²) in [6.45, 7) is 0.551. The molecule has 9 nitrogen and oxygen atoms in total. The zero-order valence-electron chi connectivity index (χ0n) is 17.2. The third kappa shape index (κ3) is 3.83. The third-order valence-corrected chi connectivity index (χ3v) is 5.10. The fourth-order valence-corrected chi connectivity index (χ4v) is 3.53. The number of fused-ring (bicyclic) bond motifs is 1. The molecule has 1 aromatic heterocycles.